The summed E-state index contributed by atoms with van der Waals surface area (Å²) in [6.07, 6.45) is 0.906. The largest absolute Gasteiger partial charge is 0.490 e. The van der Waals surface area contributed by atoms with Gasteiger partial charge in [-0.3, -0.25) is 0 Å². The molecule has 0 unspecified atom stereocenters. The molecule has 5 heteroatoms. The van der Waals surface area contributed by atoms with Crippen molar-refractivity contribution in [3.8, 4) is 5.75 Å². The van der Waals surface area contributed by atoms with Gasteiger partial charge in [-0.05, 0) is 31.6 Å². The van der Waals surface area contributed by atoms with Crippen molar-refractivity contribution >= 4 is 34.8 Å². The summed E-state index contributed by atoms with van der Waals surface area (Å²) >= 11 is 17.7. The van der Waals surface area contributed by atoms with Gasteiger partial charge in [0.1, 0.15) is 0 Å². The second-order valence-corrected chi connectivity index (χ2v) is 4.50. The van der Waals surface area contributed by atoms with Gasteiger partial charge in [-0.15, -0.1) is 0 Å². The van der Waals surface area contributed by atoms with Gasteiger partial charge in [0.25, 0.3) is 0 Å². The van der Waals surface area contributed by atoms with E-state index in [0.29, 0.717) is 27.4 Å². The van der Waals surface area contributed by atoms with Crippen molar-refractivity contribution in [2.75, 3.05) is 19.7 Å². The Morgan fingerprint density at radius 3 is 2.38 bits per heavy atom. The topological polar surface area (TPSA) is 21.3 Å². The lowest BCUT2D eigenvalue weighted by Gasteiger charge is -2.10. The number of ether oxygens (including phenoxy) is 1. The Labute approximate surface area is 111 Å². The fraction of sp³-hybridized carbons (Fsp3) is 0.455. The van der Waals surface area contributed by atoms with Crippen LogP contribution in [0.4, 0.5) is 0 Å². The highest BCUT2D eigenvalue weighted by Crippen LogP contribution is 2.35. The van der Waals surface area contributed by atoms with E-state index in [1.807, 2.05) is 0 Å². The highest BCUT2D eigenvalue weighted by Gasteiger charge is 2.08. The van der Waals surface area contributed by atoms with Crippen LogP contribution in [0.5, 0.6) is 5.75 Å². The van der Waals surface area contributed by atoms with E-state index in [2.05, 4.69) is 12.2 Å². The number of benzene rings is 1. The van der Waals surface area contributed by atoms with Gasteiger partial charge in [0.05, 0.1) is 16.7 Å². The average molecular weight is 283 g/mol. The van der Waals surface area contributed by atoms with E-state index in [1.54, 1.807) is 12.1 Å². The summed E-state index contributed by atoms with van der Waals surface area (Å²) in [5.74, 6) is 0.504. The Balaban J connectivity index is 2.47. The predicted molar refractivity (Wildman–Crippen MR) is 70.1 cm³/mol. The fourth-order valence-corrected chi connectivity index (χ4v) is 2.14. The van der Waals surface area contributed by atoms with Gasteiger partial charge >= 0.3 is 0 Å². The Morgan fingerprint density at radius 2 is 1.81 bits per heavy atom. The molecule has 0 aliphatic carbocycles. The summed E-state index contributed by atoms with van der Waals surface area (Å²) in [4.78, 5) is 0. The Kier molecular flexibility index (Phi) is 6.29. The molecular formula is C11H14Cl3NO. The van der Waals surface area contributed by atoms with E-state index in [0.717, 1.165) is 19.5 Å². The molecule has 0 saturated heterocycles. The zero-order valence-electron chi connectivity index (χ0n) is 9.03. The smallest absolute Gasteiger partial charge is 0.156 e. The molecule has 0 aliphatic heterocycles. The molecule has 0 amide bonds. The maximum absolute atomic E-state index is 5.97. The summed E-state index contributed by atoms with van der Waals surface area (Å²) in [6, 6.07) is 3.24. The zero-order chi connectivity index (χ0) is 12.0. The van der Waals surface area contributed by atoms with Crippen LogP contribution < -0.4 is 10.1 Å². The predicted octanol–water partition coefficient (Wildman–Crippen LogP) is 4.03. The van der Waals surface area contributed by atoms with Crippen molar-refractivity contribution < 1.29 is 4.74 Å². The summed E-state index contributed by atoms with van der Waals surface area (Å²) in [7, 11) is 0. The van der Waals surface area contributed by atoms with Crippen LogP contribution in [0.2, 0.25) is 15.1 Å². The van der Waals surface area contributed by atoms with Crippen molar-refractivity contribution in [2.24, 2.45) is 0 Å². The molecule has 1 aromatic carbocycles. The molecule has 2 nitrogen and oxygen atoms in total. The molecule has 0 radical (unpaired) electrons. The van der Waals surface area contributed by atoms with Crippen LogP contribution in [0.25, 0.3) is 0 Å². The van der Waals surface area contributed by atoms with Crippen LogP contribution in [0.15, 0.2) is 12.1 Å². The van der Waals surface area contributed by atoms with Crippen LogP contribution in [-0.2, 0) is 0 Å². The second-order valence-electron chi connectivity index (χ2n) is 3.25. The standard InChI is InChI=1S/C11H14Cl3NO/c1-2-15-4-3-5-16-11-9(13)6-8(12)7-10(11)14/h6-7,15H,2-5H2,1H3. The molecule has 0 aliphatic rings. The zero-order valence-corrected chi connectivity index (χ0v) is 11.3. The van der Waals surface area contributed by atoms with Gasteiger partial charge < -0.3 is 10.1 Å². The molecule has 1 N–H and O–H groups in total. The van der Waals surface area contributed by atoms with Crippen LogP contribution in [-0.4, -0.2) is 19.7 Å². The van der Waals surface area contributed by atoms with E-state index in [-0.39, 0.29) is 0 Å². The molecule has 0 fully saturated rings. The maximum atomic E-state index is 5.97. The first-order valence-corrected chi connectivity index (χ1v) is 6.26. The molecule has 0 aromatic heterocycles. The quantitative estimate of drug-likeness (QED) is 0.796. The number of hydrogen-bond acceptors (Lipinski definition) is 2. The third-order valence-corrected chi connectivity index (χ3v) is 2.74. The first-order valence-electron chi connectivity index (χ1n) is 5.13. The molecular weight excluding hydrogens is 268 g/mol. The van der Waals surface area contributed by atoms with Crippen LogP contribution in [0.1, 0.15) is 13.3 Å². The summed E-state index contributed by atoms with van der Waals surface area (Å²) < 4.78 is 5.51. The Bertz CT molecular complexity index is 321. The van der Waals surface area contributed by atoms with Crippen LogP contribution in [0, 0.1) is 0 Å². The molecule has 0 heterocycles. The average Bonchev–Trinajstić information content (AvgIpc) is 2.20. The molecule has 1 aromatic rings. The minimum Gasteiger partial charge on any atom is -0.490 e. The number of halogens is 3. The lowest BCUT2D eigenvalue weighted by Crippen LogP contribution is -2.16. The van der Waals surface area contributed by atoms with E-state index in [1.165, 1.54) is 0 Å². The molecule has 0 spiro atoms. The molecule has 0 saturated carbocycles. The molecule has 16 heavy (non-hydrogen) atoms. The molecule has 90 valence electrons. The third-order valence-electron chi connectivity index (χ3n) is 1.96. The van der Waals surface area contributed by atoms with Crippen molar-refractivity contribution in [3.63, 3.8) is 0 Å². The van der Waals surface area contributed by atoms with E-state index in [9.17, 15) is 0 Å². The SMILES string of the molecule is CCNCCCOc1c(Cl)cc(Cl)cc1Cl. The minimum absolute atomic E-state index is 0.445. The summed E-state index contributed by atoms with van der Waals surface area (Å²) in [6.45, 7) is 4.52. The van der Waals surface area contributed by atoms with Crippen LogP contribution >= 0.6 is 34.8 Å². The van der Waals surface area contributed by atoms with Crippen LogP contribution in [0.3, 0.4) is 0 Å². The first kappa shape index (κ1) is 13.9. The lowest BCUT2D eigenvalue weighted by atomic mass is 10.3. The van der Waals surface area contributed by atoms with E-state index >= 15 is 0 Å². The van der Waals surface area contributed by atoms with Gasteiger partial charge in [-0.2, -0.15) is 0 Å². The maximum Gasteiger partial charge on any atom is 0.156 e. The highest BCUT2D eigenvalue weighted by atomic mass is 35.5. The summed E-state index contributed by atoms with van der Waals surface area (Å²) in [5, 5.41) is 4.61. The second kappa shape index (κ2) is 7.23. The molecule has 0 atom stereocenters. The van der Waals surface area contributed by atoms with Gasteiger partial charge in [0, 0.05) is 5.02 Å². The number of nitrogens with one attached hydrogen (secondary N) is 1. The molecule has 1 rings (SSSR count). The first-order chi connectivity index (χ1) is 7.65. The number of rotatable bonds is 6. The minimum atomic E-state index is 0.445. The van der Waals surface area contributed by atoms with Crippen molar-refractivity contribution in [3.05, 3.63) is 27.2 Å². The molecule has 0 bridgehead atoms. The normalized spacial score (nSPS) is 10.5. The third kappa shape index (κ3) is 4.38. The van der Waals surface area contributed by atoms with Gasteiger partial charge in [-0.1, -0.05) is 41.7 Å². The van der Waals surface area contributed by atoms with Gasteiger partial charge in [0.2, 0.25) is 0 Å². The van der Waals surface area contributed by atoms with Gasteiger partial charge in [0.15, 0.2) is 5.75 Å². The van der Waals surface area contributed by atoms with Crippen molar-refractivity contribution in [1.82, 2.24) is 5.32 Å². The van der Waals surface area contributed by atoms with Gasteiger partial charge in [-0.25, -0.2) is 0 Å². The Hall–Kier alpha value is -0.150. The van der Waals surface area contributed by atoms with E-state index < -0.39 is 0 Å². The monoisotopic (exact) mass is 281 g/mol. The Morgan fingerprint density at radius 1 is 1.19 bits per heavy atom. The van der Waals surface area contributed by atoms with E-state index in [4.69, 9.17) is 39.5 Å². The van der Waals surface area contributed by atoms with Crippen molar-refractivity contribution in [1.29, 1.82) is 0 Å². The van der Waals surface area contributed by atoms with Crippen molar-refractivity contribution in [2.45, 2.75) is 13.3 Å². The number of hydrogen-bond donors (Lipinski definition) is 1. The highest BCUT2D eigenvalue weighted by molar-refractivity contribution is 6.40. The fourth-order valence-electron chi connectivity index (χ4n) is 1.22. The summed E-state index contributed by atoms with van der Waals surface area (Å²) in [5.41, 5.74) is 0. The lowest BCUT2D eigenvalue weighted by molar-refractivity contribution is 0.309.